The van der Waals surface area contributed by atoms with Crippen molar-refractivity contribution in [1.82, 2.24) is 9.97 Å². The van der Waals surface area contributed by atoms with Crippen LogP contribution in [0.15, 0.2) is 6.20 Å². The molecular formula is C10H14N2O4. The Morgan fingerprint density at radius 1 is 1.62 bits per heavy atom. The lowest BCUT2D eigenvalue weighted by molar-refractivity contribution is 0.0693. The molecule has 16 heavy (non-hydrogen) atoms. The van der Waals surface area contributed by atoms with E-state index < -0.39 is 5.97 Å². The number of methoxy groups -OCH3 is 1. The third-order valence-corrected chi connectivity index (χ3v) is 1.90. The molecule has 1 aromatic rings. The molecule has 88 valence electrons. The second-order valence-corrected chi connectivity index (χ2v) is 3.34. The SMILES string of the molecule is COCC(C)Oc1ncc(C(=O)O)c(C)n1. The predicted molar refractivity (Wildman–Crippen MR) is 55.7 cm³/mol. The van der Waals surface area contributed by atoms with Crippen molar-refractivity contribution in [3.8, 4) is 6.01 Å². The zero-order valence-electron chi connectivity index (χ0n) is 9.43. The lowest BCUT2D eigenvalue weighted by Crippen LogP contribution is -2.19. The van der Waals surface area contributed by atoms with Gasteiger partial charge in [0.25, 0.3) is 0 Å². The lowest BCUT2D eigenvalue weighted by atomic mass is 10.2. The number of hydrogen-bond acceptors (Lipinski definition) is 5. The summed E-state index contributed by atoms with van der Waals surface area (Å²) in [6, 6.07) is 0.159. The van der Waals surface area contributed by atoms with Gasteiger partial charge in [-0.25, -0.2) is 9.78 Å². The Balaban J connectivity index is 2.77. The first-order valence-electron chi connectivity index (χ1n) is 4.77. The largest absolute Gasteiger partial charge is 0.478 e. The smallest absolute Gasteiger partial charge is 0.339 e. The van der Waals surface area contributed by atoms with Gasteiger partial charge in [0.15, 0.2) is 0 Å². The Morgan fingerprint density at radius 2 is 2.31 bits per heavy atom. The Hall–Kier alpha value is -1.69. The van der Waals surface area contributed by atoms with Gasteiger partial charge in [0.2, 0.25) is 0 Å². The highest BCUT2D eigenvalue weighted by molar-refractivity contribution is 5.88. The lowest BCUT2D eigenvalue weighted by Gasteiger charge is -2.12. The van der Waals surface area contributed by atoms with Crippen LogP contribution >= 0.6 is 0 Å². The molecule has 0 aliphatic rings. The number of hydrogen-bond donors (Lipinski definition) is 1. The maximum Gasteiger partial charge on any atom is 0.339 e. The molecule has 6 nitrogen and oxygen atoms in total. The van der Waals surface area contributed by atoms with Crippen molar-refractivity contribution in [2.75, 3.05) is 13.7 Å². The number of nitrogens with zero attached hydrogens (tertiary/aromatic N) is 2. The molecule has 0 saturated heterocycles. The Morgan fingerprint density at radius 3 is 2.81 bits per heavy atom. The van der Waals surface area contributed by atoms with Crippen LogP contribution in [0.2, 0.25) is 0 Å². The molecule has 1 N–H and O–H groups in total. The average Bonchev–Trinajstić information content (AvgIpc) is 2.17. The van der Waals surface area contributed by atoms with Gasteiger partial charge in [-0.15, -0.1) is 0 Å². The van der Waals surface area contributed by atoms with E-state index in [1.54, 1.807) is 14.0 Å². The zero-order valence-corrected chi connectivity index (χ0v) is 9.43. The quantitative estimate of drug-likeness (QED) is 0.803. The molecule has 1 unspecified atom stereocenters. The molecule has 0 amide bonds. The van der Waals surface area contributed by atoms with Gasteiger partial charge in [0, 0.05) is 13.3 Å². The first-order chi connectivity index (χ1) is 7.54. The van der Waals surface area contributed by atoms with Gasteiger partial charge in [0.1, 0.15) is 6.10 Å². The minimum Gasteiger partial charge on any atom is -0.478 e. The number of ether oxygens (including phenoxy) is 2. The summed E-state index contributed by atoms with van der Waals surface area (Å²) in [5, 5.41) is 8.78. The fraction of sp³-hybridized carbons (Fsp3) is 0.500. The summed E-state index contributed by atoms with van der Waals surface area (Å²) in [4.78, 5) is 18.5. The molecule has 0 bridgehead atoms. The molecule has 1 aromatic heterocycles. The zero-order chi connectivity index (χ0) is 12.1. The van der Waals surface area contributed by atoms with E-state index in [2.05, 4.69) is 9.97 Å². The van der Waals surface area contributed by atoms with Crippen LogP contribution < -0.4 is 4.74 Å². The summed E-state index contributed by atoms with van der Waals surface area (Å²) in [5.41, 5.74) is 0.453. The van der Waals surface area contributed by atoms with Crippen LogP contribution in [0, 0.1) is 6.92 Å². The van der Waals surface area contributed by atoms with Crippen molar-refractivity contribution in [2.24, 2.45) is 0 Å². The van der Waals surface area contributed by atoms with E-state index in [1.165, 1.54) is 6.20 Å². The van der Waals surface area contributed by atoms with Gasteiger partial charge in [-0.05, 0) is 13.8 Å². The molecule has 1 atom stereocenters. The van der Waals surface area contributed by atoms with Crippen molar-refractivity contribution in [3.05, 3.63) is 17.5 Å². The Labute approximate surface area is 93.2 Å². The van der Waals surface area contributed by atoms with Crippen LogP contribution in [0.25, 0.3) is 0 Å². The van der Waals surface area contributed by atoms with Crippen molar-refractivity contribution in [3.63, 3.8) is 0 Å². The maximum absolute atomic E-state index is 10.7. The number of aromatic nitrogens is 2. The molecule has 6 heteroatoms. The summed E-state index contributed by atoms with van der Waals surface area (Å²) in [5.74, 6) is -1.05. The van der Waals surface area contributed by atoms with E-state index in [0.717, 1.165) is 0 Å². The van der Waals surface area contributed by atoms with Gasteiger partial charge in [-0.2, -0.15) is 4.98 Å². The maximum atomic E-state index is 10.7. The molecule has 1 heterocycles. The Kier molecular flexibility index (Phi) is 4.19. The monoisotopic (exact) mass is 226 g/mol. The van der Waals surface area contributed by atoms with Crippen molar-refractivity contribution >= 4 is 5.97 Å². The molecule has 0 fully saturated rings. The van der Waals surface area contributed by atoms with E-state index in [0.29, 0.717) is 12.3 Å². The van der Waals surface area contributed by atoms with Gasteiger partial charge >= 0.3 is 12.0 Å². The van der Waals surface area contributed by atoms with Gasteiger partial charge in [-0.1, -0.05) is 0 Å². The van der Waals surface area contributed by atoms with Gasteiger partial charge in [-0.3, -0.25) is 0 Å². The van der Waals surface area contributed by atoms with Crippen molar-refractivity contribution < 1.29 is 19.4 Å². The second-order valence-electron chi connectivity index (χ2n) is 3.34. The molecule has 0 saturated carbocycles. The number of carboxylic acids is 1. The normalized spacial score (nSPS) is 12.2. The van der Waals surface area contributed by atoms with Crippen LogP contribution in [0.3, 0.4) is 0 Å². The van der Waals surface area contributed by atoms with Crippen molar-refractivity contribution in [2.45, 2.75) is 20.0 Å². The molecular weight excluding hydrogens is 212 g/mol. The molecule has 0 aliphatic carbocycles. The van der Waals surface area contributed by atoms with Gasteiger partial charge in [0.05, 0.1) is 17.9 Å². The summed E-state index contributed by atoms with van der Waals surface area (Å²) < 4.78 is 10.2. The number of aryl methyl sites for hydroxylation is 1. The fourth-order valence-electron chi connectivity index (χ4n) is 1.16. The standard InChI is InChI=1S/C10H14N2O4/c1-6(5-15-3)16-10-11-4-8(9(13)14)7(2)12-10/h4,6H,5H2,1-3H3,(H,13,14). The molecule has 0 aromatic carbocycles. The molecule has 0 radical (unpaired) electrons. The number of rotatable bonds is 5. The average molecular weight is 226 g/mol. The van der Waals surface area contributed by atoms with E-state index >= 15 is 0 Å². The predicted octanol–water partition coefficient (Wildman–Crippen LogP) is 0.897. The van der Waals surface area contributed by atoms with Crippen LogP contribution in [-0.4, -0.2) is 40.9 Å². The first-order valence-corrected chi connectivity index (χ1v) is 4.77. The highest BCUT2D eigenvalue weighted by Crippen LogP contribution is 2.10. The number of carbonyl (C=O) groups is 1. The van der Waals surface area contributed by atoms with Crippen LogP contribution in [0.1, 0.15) is 23.0 Å². The number of carboxylic acid groups (broad SMARTS) is 1. The molecule has 0 spiro atoms. The summed E-state index contributed by atoms with van der Waals surface area (Å²) in [6.07, 6.45) is 1.06. The first kappa shape index (κ1) is 12.4. The fourth-order valence-corrected chi connectivity index (χ4v) is 1.16. The van der Waals surface area contributed by atoms with E-state index in [4.69, 9.17) is 14.6 Å². The van der Waals surface area contributed by atoms with Crippen LogP contribution in [-0.2, 0) is 4.74 Å². The number of aromatic carboxylic acids is 1. The Bertz CT molecular complexity index is 381. The summed E-state index contributed by atoms with van der Waals surface area (Å²) in [6.45, 7) is 3.83. The molecule has 1 rings (SSSR count). The second kappa shape index (κ2) is 5.41. The summed E-state index contributed by atoms with van der Waals surface area (Å²) >= 11 is 0. The van der Waals surface area contributed by atoms with Crippen molar-refractivity contribution in [1.29, 1.82) is 0 Å². The minimum absolute atomic E-state index is 0.0757. The van der Waals surface area contributed by atoms with Gasteiger partial charge < -0.3 is 14.6 Å². The molecule has 0 aliphatic heterocycles. The summed E-state index contributed by atoms with van der Waals surface area (Å²) in [7, 11) is 1.57. The highest BCUT2D eigenvalue weighted by atomic mass is 16.5. The highest BCUT2D eigenvalue weighted by Gasteiger charge is 2.12. The third kappa shape index (κ3) is 3.16. The topological polar surface area (TPSA) is 81.5 Å². The van der Waals surface area contributed by atoms with E-state index in [1.807, 2.05) is 6.92 Å². The van der Waals surface area contributed by atoms with E-state index in [9.17, 15) is 4.79 Å². The minimum atomic E-state index is -1.05. The van der Waals surface area contributed by atoms with Crippen LogP contribution in [0.4, 0.5) is 0 Å². The third-order valence-electron chi connectivity index (χ3n) is 1.90. The van der Waals surface area contributed by atoms with Crippen LogP contribution in [0.5, 0.6) is 6.01 Å². The van der Waals surface area contributed by atoms with E-state index in [-0.39, 0.29) is 17.7 Å².